The first-order valence-corrected chi connectivity index (χ1v) is 9.03. The van der Waals surface area contributed by atoms with E-state index in [1.54, 1.807) is 11.3 Å². The summed E-state index contributed by atoms with van der Waals surface area (Å²) < 4.78 is 6.88. The van der Waals surface area contributed by atoms with E-state index in [-0.39, 0.29) is 0 Å². The summed E-state index contributed by atoms with van der Waals surface area (Å²) in [6.07, 6.45) is 1.12. The highest BCUT2D eigenvalue weighted by Gasteiger charge is 2.09. The van der Waals surface area contributed by atoms with Crippen molar-refractivity contribution in [3.8, 4) is 5.75 Å². The Kier molecular flexibility index (Phi) is 6.55. The van der Waals surface area contributed by atoms with Crippen molar-refractivity contribution in [2.45, 2.75) is 32.9 Å². The molecule has 0 aliphatic rings. The Morgan fingerprint density at radius 1 is 1.38 bits per heavy atom. The first-order chi connectivity index (χ1) is 10.1. The third kappa shape index (κ3) is 4.99. The Balaban J connectivity index is 1.98. The average Bonchev–Trinajstić information content (AvgIpc) is 2.89. The normalized spacial score (nSPS) is 12.4. The number of thiophene rings is 1. The molecule has 0 amide bonds. The molecule has 0 aliphatic carbocycles. The summed E-state index contributed by atoms with van der Waals surface area (Å²) in [6, 6.07) is 8.35. The van der Waals surface area contributed by atoms with Crippen LogP contribution in [0.1, 0.15) is 36.8 Å². The van der Waals surface area contributed by atoms with Crippen molar-refractivity contribution in [2.75, 3.05) is 6.54 Å². The van der Waals surface area contributed by atoms with E-state index >= 15 is 0 Å². The summed E-state index contributed by atoms with van der Waals surface area (Å²) in [5.74, 6) is 0.729. The topological polar surface area (TPSA) is 21.3 Å². The SMILES string of the molecule is CCCNC(C)c1ccc(OCc2cc(Br)cs2)c(Cl)c1. The molecule has 1 aromatic heterocycles. The Bertz CT molecular complexity index is 587. The number of halogens is 2. The van der Waals surface area contributed by atoms with E-state index in [1.807, 2.05) is 17.5 Å². The number of hydrogen-bond donors (Lipinski definition) is 1. The summed E-state index contributed by atoms with van der Waals surface area (Å²) in [5, 5.41) is 6.16. The molecular formula is C16H19BrClNOS. The maximum atomic E-state index is 6.32. The van der Waals surface area contributed by atoms with Crippen LogP contribution in [0.15, 0.2) is 34.1 Å². The van der Waals surface area contributed by atoms with Crippen LogP contribution in [0.2, 0.25) is 5.02 Å². The lowest BCUT2D eigenvalue weighted by Gasteiger charge is -2.15. The molecule has 0 saturated carbocycles. The van der Waals surface area contributed by atoms with E-state index in [1.165, 1.54) is 10.4 Å². The van der Waals surface area contributed by atoms with Gasteiger partial charge >= 0.3 is 0 Å². The van der Waals surface area contributed by atoms with Gasteiger partial charge in [0, 0.05) is 20.8 Å². The lowest BCUT2D eigenvalue weighted by atomic mass is 10.1. The Labute approximate surface area is 143 Å². The number of benzene rings is 1. The van der Waals surface area contributed by atoms with Gasteiger partial charge in [-0.3, -0.25) is 0 Å². The minimum atomic E-state index is 0.296. The van der Waals surface area contributed by atoms with Gasteiger partial charge < -0.3 is 10.1 Å². The second-order valence-electron chi connectivity index (χ2n) is 4.89. The standard InChI is InChI=1S/C16H19BrClNOS/c1-3-6-19-11(2)12-4-5-16(15(18)7-12)20-9-14-8-13(17)10-21-14/h4-5,7-8,10-11,19H,3,6,9H2,1-2H3. The van der Waals surface area contributed by atoms with Crippen LogP contribution in [0.5, 0.6) is 5.75 Å². The van der Waals surface area contributed by atoms with E-state index in [9.17, 15) is 0 Å². The lowest BCUT2D eigenvalue weighted by Crippen LogP contribution is -2.19. The van der Waals surface area contributed by atoms with Crippen LogP contribution in [0.3, 0.4) is 0 Å². The van der Waals surface area contributed by atoms with Gasteiger partial charge in [0.1, 0.15) is 12.4 Å². The van der Waals surface area contributed by atoms with E-state index in [0.29, 0.717) is 17.7 Å². The monoisotopic (exact) mass is 387 g/mol. The molecule has 0 aliphatic heterocycles. The van der Waals surface area contributed by atoms with Gasteiger partial charge in [0.15, 0.2) is 0 Å². The second kappa shape index (κ2) is 8.18. The summed E-state index contributed by atoms with van der Waals surface area (Å²) >= 11 is 11.4. The van der Waals surface area contributed by atoms with Crippen LogP contribution >= 0.6 is 38.9 Å². The van der Waals surface area contributed by atoms with Gasteiger partial charge in [-0.2, -0.15) is 0 Å². The fraction of sp³-hybridized carbons (Fsp3) is 0.375. The molecule has 2 rings (SSSR count). The zero-order valence-corrected chi connectivity index (χ0v) is 15.3. The third-order valence-corrected chi connectivity index (χ3v) is 5.11. The van der Waals surface area contributed by atoms with Crippen LogP contribution < -0.4 is 10.1 Å². The van der Waals surface area contributed by atoms with Gasteiger partial charge in [-0.15, -0.1) is 11.3 Å². The Morgan fingerprint density at radius 3 is 2.81 bits per heavy atom. The molecule has 1 atom stereocenters. The molecule has 0 spiro atoms. The molecule has 5 heteroatoms. The molecule has 1 aromatic carbocycles. The molecule has 1 N–H and O–H groups in total. The second-order valence-corrected chi connectivity index (χ2v) is 7.20. The molecule has 1 unspecified atom stereocenters. The number of ether oxygens (including phenoxy) is 1. The van der Waals surface area contributed by atoms with Crippen molar-refractivity contribution < 1.29 is 4.74 Å². The predicted molar refractivity (Wildman–Crippen MR) is 94.5 cm³/mol. The maximum Gasteiger partial charge on any atom is 0.138 e. The van der Waals surface area contributed by atoms with Crippen LogP contribution in [-0.4, -0.2) is 6.54 Å². The van der Waals surface area contributed by atoms with Crippen LogP contribution in [0, 0.1) is 0 Å². The molecular weight excluding hydrogens is 370 g/mol. The summed E-state index contributed by atoms with van der Waals surface area (Å²) in [7, 11) is 0. The Morgan fingerprint density at radius 2 is 2.19 bits per heavy atom. The van der Waals surface area contributed by atoms with Crippen molar-refractivity contribution in [3.63, 3.8) is 0 Å². The van der Waals surface area contributed by atoms with Crippen molar-refractivity contribution in [3.05, 3.63) is 49.6 Å². The van der Waals surface area contributed by atoms with E-state index in [2.05, 4.69) is 47.2 Å². The molecule has 0 fully saturated rings. The zero-order valence-electron chi connectivity index (χ0n) is 12.2. The van der Waals surface area contributed by atoms with Gasteiger partial charge in [0.25, 0.3) is 0 Å². The van der Waals surface area contributed by atoms with Crippen molar-refractivity contribution in [1.29, 1.82) is 0 Å². The van der Waals surface area contributed by atoms with Crippen LogP contribution in [-0.2, 0) is 6.61 Å². The molecule has 2 aromatic rings. The van der Waals surface area contributed by atoms with Gasteiger partial charge in [-0.05, 0) is 59.6 Å². The highest BCUT2D eigenvalue weighted by atomic mass is 79.9. The van der Waals surface area contributed by atoms with Crippen molar-refractivity contribution in [1.82, 2.24) is 5.32 Å². The molecule has 0 radical (unpaired) electrons. The maximum absolute atomic E-state index is 6.32. The lowest BCUT2D eigenvalue weighted by molar-refractivity contribution is 0.310. The molecule has 2 nitrogen and oxygen atoms in total. The fourth-order valence-corrected chi connectivity index (χ4v) is 3.57. The predicted octanol–water partition coefficient (Wildman–Crippen LogP) is 5.80. The van der Waals surface area contributed by atoms with E-state index in [4.69, 9.17) is 16.3 Å². The van der Waals surface area contributed by atoms with Crippen LogP contribution in [0.25, 0.3) is 0 Å². The molecule has 114 valence electrons. The molecule has 21 heavy (non-hydrogen) atoms. The highest BCUT2D eigenvalue weighted by Crippen LogP contribution is 2.29. The minimum Gasteiger partial charge on any atom is -0.487 e. The highest BCUT2D eigenvalue weighted by molar-refractivity contribution is 9.10. The summed E-state index contributed by atoms with van der Waals surface area (Å²) in [6.45, 7) is 5.85. The first-order valence-electron chi connectivity index (χ1n) is 6.98. The Hall–Kier alpha value is -0.550. The van der Waals surface area contributed by atoms with Gasteiger partial charge in [0.2, 0.25) is 0 Å². The molecule has 0 saturated heterocycles. The van der Waals surface area contributed by atoms with Crippen molar-refractivity contribution in [2.24, 2.45) is 0 Å². The fourth-order valence-electron chi connectivity index (χ4n) is 1.96. The average molecular weight is 389 g/mol. The van der Waals surface area contributed by atoms with Gasteiger partial charge in [-0.25, -0.2) is 0 Å². The summed E-state index contributed by atoms with van der Waals surface area (Å²) in [4.78, 5) is 1.17. The number of hydrogen-bond acceptors (Lipinski definition) is 3. The molecule has 1 heterocycles. The largest absolute Gasteiger partial charge is 0.487 e. The third-order valence-electron chi connectivity index (χ3n) is 3.15. The van der Waals surface area contributed by atoms with E-state index in [0.717, 1.165) is 23.2 Å². The minimum absolute atomic E-state index is 0.296. The molecule has 0 bridgehead atoms. The zero-order chi connectivity index (χ0) is 15.2. The first kappa shape index (κ1) is 16.8. The van der Waals surface area contributed by atoms with Gasteiger partial charge in [-0.1, -0.05) is 24.6 Å². The quantitative estimate of drug-likeness (QED) is 0.647. The van der Waals surface area contributed by atoms with Crippen molar-refractivity contribution >= 4 is 38.9 Å². The number of rotatable bonds is 7. The van der Waals surface area contributed by atoms with E-state index < -0.39 is 0 Å². The van der Waals surface area contributed by atoms with Crippen LogP contribution in [0.4, 0.5) is 0 Å². The number of nitrogens with one attached hydrogen (secondary N) is 1. The summed E-state index contributed by atoms with van der Waals surface area (Å²) in [5.41, 5.74) is 1.18. The smallest absolute Gasteiger partial charge is 0.138 e. The van der Waals surface area contributed by atoms with Gasteiger partial charge in [0.05, 0.1) is 5.02 Å².